The molecule has 0 fully saturated rings. The minimum absolute atomic E-state index is 0.0636. The summed E-state index contributed by atoms with van der Waals surface area (Å²) in [6, 6.07) is 9.90. The van der Waals surface area contributed by atoms with Crippen LogP contribution in [0.2, 0.25) is 5.02 Å². The van der Waals surface area contributed by atoms with Crippen LogP contribution in [-0.2, 0) is 10.0 Å². The molecule has 0 saturated carbocycles. The molecule has 10 heteroatoms. The van der Waals surface area contributed by atoms with Crippen LogP contribution < -0.4 is 14.8 Å². The number of pyridine rings is 1. The number of nitrogens with zero attached hydrogens (tertiary/aromatic N) is 1. The minimum Gasteiger partial charge on any atom is -0.489 e. The maximum Gasteiger partial charge on any atom is 0.265 e. The van der Waals surface area contributed by atoms with E-state index in [0.29, 0.717) is 21.3 Å². The topological polar surface area (TPSA) is 97.4 Å². The van der Waals surface area contributed by atoms with Crippen molar-refractivity contribution in [3.63, 3.8) is 0 Å². The van der Waals surface area contributed by atoms with Crippen molar-refractivity contribution in [1.82, 2.24) is 4.98 Å². The molecule has 0 aliphatic heterocycles. The molecule has 0 bridgehead atoms. The number of nitrogens with one attached hydrogen (secondary N) is 2. The van der Waals surface area contributed by atoms with E-state index in [0.717, 1.165) is 17.5 Å². The summed E-state index contributed by atoms with van der Waals surface area (Å²) >= 11 is 7.31. The van der Waals surface area contributed by atoms with E-state index >= 15 is 0 Å². The number of carbonyl (C=O) groups is 1. The van der Waals surface area contributed by atoms with Gasteiger partial charge >= 0.3 is 0 Å². The molecule has 2 heterocycles. The molecule has 0 unspecified atom stereocenters. The summed E-state index contributed by atoms with van der Waals surface area (Å²) in [5.74, 6) is 0.347. The van der Waals surface area contributed by atoms with Crippen LogP contribution >= 0.6 is 22.9 Å². The molecular weight excluding hydrogens is 446 g/mol. The van der Waals surface area contributed by atoms with Crippen LogP contribution in [0, 0.1) is 0 Å². The highest BCUT2D eigenvalue weighted by Gasteiger charge is 2.13. The fourth-order valence-corrected chi connectivity index (χ4v) is 4.19. The van der Waals surface area contributed by atoms with E-state index in [1.54, 1.807) is 12.3 Å². The Labute approximate surface area is 184 Å². The fraction of sp³-hybridized carbons (Fsp3) is 0.200. The first-order valence-electron chi connectivity index (χ1n) is 8.90. The number of amides is 1. The predicted molar refractivity (Wildman–Crippen MR) is 121 cm³/mol. The van der Waals surface area contributed by atoms with Crippen LogP contribution in [0.5, 0.6) is 5.75 Å². The van der Waals surface area contributed by atoms with Crippen LogP contribution in [0.3, 0.4) is 0 Å². The first-order valence-corrected chi connectivity index (χ1v) is 12.1. The van der Waals surface area contributed by atoms with Gasteiger partial charge in [0.25, 0.3) is 5.91 Å². The van der Waals surface area contributed by atoms with Crippen LogP contribution in [-0.4, -0.2) is 31.7 Å². The van der Waals surface area contributed by atoms with Crippen LogP contribution in [0.15, 0.2) is 48.0 Å². The van der Waals surface area contributed by atoms with Crippen molar-refractivity contribution in [2.75, 3.05) is 16.3 Å². The number of aromatic nitrogens is 1. The number of rotatable bonds is 7. The van der Waals surface area contributed by atoms with Crippen molar-refractivity contribution in [2.24, 2.45) is 0 Å². The van der Waals surface area contributed by atoms with Gasteiger partial charge in [-0.1, -0.05) is 11.6 Å². The molecule has 0 spiro atoms. The molecule has 0 atom stereocenters. The largest absolute Gasteiger partial charge is 0.489 e. The highest BCUT2D eigenvalue weighted by atomic mass is 35.5. The Bertz CT molecular complexity index is 1160. The first kappa shape index (κ1) is 22.1. The number of sulfonamides is 1. The number of ether oxygens (including phenoxy) is 1. The molecule has 7 nitrogen and oxygen atoms in total. The first-order chi connectivity index (χ1) is 14.1. The molecule has 30 heavy (non-hydrogen) atoms. The number of thiophene rings is 1. The maximum absolute atomic E-state index is 12.6. The molecule has 0 saturated heterocycles. The normalized spacial score (nSPS) is 11.4. The van der Waals surface area contributed by atoms with Gasteiger partial charge < -0.3 is 10.1 Å². The van der Waals surface area contributed by atoms with Crippen LogP contribution in [0.4, 0.5) is 11.4 Å². The summed E-state index contributed by atoms with van der Waals surface area (Å²) in [6.45, 7) is 3.88. The zero-order valence-corrected chi connectivity index (χ0v) is 18.9. The number of hydrogen-bond acceptors (Lipinski definition) is 6. The van der Waals surface area contributed by atoms with Gasteiger partial charge in [0.1, 0.15) is 5.75 Å². The van der Waals surface area contributed by atoms with Crippen molar-refractivity contribution < 1.29 is 17.9 Å². The summed E-state index contributed by atoms with van der Waals surface area (Å²) < 4.78 is 30.8. The minimum atomic E-state index is -3.46. The Kier molecular flexibility index (Phi) is 6.64. The quantitative estimate of drug-likeness (QED) is 0.518. The van der Waals surface area contributed by atoms with Gasteiger partial charge in [-0.3, -0.25) is 14.5 Å². The van der Waals surface area contributed by atoms with E-state index in [-0.39, 0.29) is 17.7 Å². The standard InChI is InChI=1S/C20H20ClN3O4S2/c1-12(2)28-17-4-5-18(22-10-17)13-6-19(29-11-13)20(25)23-15-7-14(21)8-16(9-15)24-30(3,26)27/h4-12,24H,1-3H3,(H,23,25). The van der Waals surface area contributed by atoms with E-state index in [1.807, 2.05) is 31.4 Å². The average molecular weight is 466 g/mol. The Morgan fingerprint density at radius 2 is 1.90 bits per heavy atom. The summed E-state index contributed by atoms with van der Waals surface area (Å²) in [7, 11) is -3.46. The molecule has 2 N–H and O–H groups in total. The number of anilines is 2. The highest BCUT2D eigenvalue weighted by Crippen LogP contribution is 2.28. The van der Waals surface area contributed by atoms with Gasteiger partial charge in [0.2, 0.25) is 10.0 Å². The molecule has 0 radical (unpaired) electrons. The Morgan fingerprint density at radius 1 is 1.17 bits per heavy atom. The highest BCUT2D eigenvalue weighted by molar-refractivity contribution is 7.92. The third-order valence-electron chi connectivity index (χ3n) is 3.69. The third-order valence-corrected chi connectivity index (χ3v) is 5.44. The monoisotopic (exact) mass is 465 g/mol. The summed E-state index contributed by atoms with van der Waals surface area (Å²) in [4.78, 5) is 17.5. The second kappa shape index (κ2) is 9.03. The van der Waals surface area contributed by atoms with E-state index in [1.165, 1.54) is 29.5 Å². The van der Waals surface area contributed by atoms with Gasteiger partial charge in [-0.05, 0) is 50.2 Å². The van der Waals surface area contributed by atoms with Crippen molar-refractivity contribution in [3.8, 4) is 17.0 Å². The SMILES string of the molecule is CC(C)Oc1ccc(-c2csc(C(=O)Nc3cc(Cl)cc(NS(C)(=O)=O)c3)c2)nc1. The van der Waals surface area contributed by atoms with Crippen LogP contribution in [0.25, 0.3) is 11.3 Å². The second-order valence-corrected chi connectivity index (χ2v) is 9.90. The van der Waals surface area contributed by atoms with Crippen molar-refractivity contribution in [2.45, 2.75) is 20.0 Å². The van der Waals surface area contributed by atoms with Crippen molar-refractivity contribution >= 4 is 50.2 Å². The lowest BCUT2D eigenvalue weighted by Gasteiger charge is -2.09. The van der Waals surface area contributed by atoms with Gasteiger partial charge in [0, 0.05) is 21.7 Å². The molecule has 1 aromatic carbocycles. The summed E-state index contributed by atoms with van der Waals surface area (Å²) in [6.07, 6.45) is 2.75. The predicted octanol–water partition coefficient (Wildman–Crippen LogP) is 4.87. The maximum atomic E-state index is 12.6. The van der Waals surface area contributed by atoms with Gasteiger partial charge in [-0.2, -0.15) is 0 Å². The molecule has 3 rings (SSSR count). The smallest absolute Gasteiger partial charge is 0.265 e. The van der Waals surface area contributed by atoms with Gasteiger partial charge in [-0.15, -0.1) is 11.3 Å². The average Bonchev–Trinajstić information content (AvgIpc) is 3.10. The van der Waals surface area contributed by atoms with Gasteiger partial charge in [0.15, 0.2) is 0 Å². The number of hydrogen-bond donors (Lipinski definition) is 2. The molecule has 0 aliphatic rings. The Hall–Kier alpha value is -2.62. The zero-order valence-electron chi connectivity index (χ0n) is 16.5. The van der Waals surface area contributed by atoms with Gasteiger partial charge in [0.05, 0.1) is 34.8 Å². The van der Waals surface area contributed by atoms with E-state index in [4.69, 9.17) is 16.3 Å². The lowest BCUT2D eigenvalue weighted by atomic mass is 10.2. The van der Waals surface area contributed by atoms with E-state index < -0.39 is 10.0 Å². The van der Waals surface area contributed by atoms with E-state index in [2.05, 4.69) is 15.0 Å². The van der Waals surface area contributed by atoms with Crippen LogP contribution in [0.1, 0.15) is 23.5 Å². The lowest BCUT2D eigenvalue weighted by Crippen LogP contribution is -2.12. The summed E-state index contributed by atoms with van der Waals surface area (Å²) in [5.41, 5.74) is 2.18. The Balaban J connectivity index is 1.74. The second-order valence-electron chi connectivity index (χ2n) is 6.80. The van der Waals surface area contributed by atoms with Gasteiger partial charge in [-0.25, -0.2) is 8.42 Å². The third kappa shape index (κ3) is 6.19. The Morgan fingerprint density at radius 3 is 2.53 bits per heavy atom. The molecule has 0 aliphatic carbocycles. The number of benzene rings is 1. The molecule has 2 aromatic heterocycles. The molecule has 158 valence electrons. The molecular formula is C20H20ClN3O4S2. The van der Waals surface area contributed by atoms with Crippen molar-refractivity contribution in [1.29, 1.82) is 0 Å². The fourth-order valence-electron chi connectivity index (χ4n) is 2.61. The van der Waals surface area contributed by atoms with Crippen molar-refractivity contribution in [3.05, 3.63) is 57.9 Å². The zero-order chi connectivity index (χ0) is 21.9. The molecule has 1 amide bonds. The number of carbonyl (C=O) groups excluding carboxylic acids is 1. The summed E-state index contributed by atoms with van der Waals surface area (Å²) in [5, 5.41) is 4.87. The number of halogens is 1. The van der Waals surface area contributed by atoms with E-state index in [9.17, 15) is 13.2 Å². The molecule has 3 aromatic rings. The lowest BCUT2D eigenvalue weighted by molar-refractivity contribution is 0.103.